The number of allylic oxidation sites excluding steroid dienone is 3. The second-order valence-corrected chi connectivity index (χ2v) is 4.64. The van der Waals surface area contributed by atoms with Crippen LogP contribution < -0.4 is 5.73 Å². The minimum Gasteiger partial charge on any atom is -0.486 e. The monoisotopic (exact) mass is 295 g/mol. The Morgan fingerprint density at radius 1 is 1.29 bits per heavy atom. The van der Waals surface area contributed by atoms with E-state index in [1.807, 2.05) is 0 Å². The molecule has 0 amide bonds. The summed E-state index contributed by atoms with van der Waals surface area (Å²) >= 11 is 0. The zero-order chi connectivity index (χ0) is 16.4. The highest BCUT2D eigenvalue weighted by Crippen LogP contribution is 2.07. The standard InChI is InChI=1S/C15H21NO5/c1-4-13(21-9-12(18)8-11(3)17)6-5-10(2)7-14(16)15(19)20/h4-6,14H,1,7-9,16H2,2-3H3,(H,19,20)/b10-5+,13-6+. The number of hydrogen-bond donors (Lipinski definition) is 2. The summed E-state index contributed by atoms with van der Waals surface area (Å²) in [6.07, 6.45) is 4.68. The first-order valence-electron chi connectivity index (χ1n) is 6.38. The maximum absolute atomic E-state index is 11.3. The maximum Gasteiger partial charge on any atom is 0.320 e. The lowest BCUT2D eigenvalue weighted by Gasteiger charge is -2.07. The normalized spacial score (nSPS) is 13.5. The first-order chi connectivity index (χ1) is 9.76. The van der Waals surface area contributed by atoms with Crippen LogP contribution in [-0.2, 0) is 19.1 Å². The summed E-state index contributed by atoms with van der Waals surface area (Å²) in [6.45, 7) is 6.41. The number of hydrogen-bond acceptors (Lipinski definition) is 5. The number of ether oxygens (including phenoxy) is 1. The smallest absolute Gasteiger partial charge is 0.320 e. The van der Waals surface area contributed by atoms with E-state index in [4.69, 9.17) is 15.6 Å². The van der Waals surface area contributed by atoms with E-state index >= 15 is 0 Å². The molecule has 0 heterocycles. The van der Waals surface area contributed by atoms with Crippen LogP contribution >= 0.6 is 0 Å². The van der Waals surface area contributed by atoms with Crippen molar-refractivity contribution in [1.29, 1.82) is 0 Å². The minimum atomic E-state index is -1.07. The molecule has 0 aliphatic rings. The number of ketones is 2. The molecule has 3 N–H and O–H groups in total. The second kappa shape index (κ2) is 9.66. The van der Waals surface area contributed by atoms with E-state index in [1.165, 1.54) is 13.0 Å². The lowest BCUT2D eigenvalue weighted by Crippen LogP contribution is -2.30. The molecule has 6 nitrogen and oxygen atoms in total. The van der Waals surface area contributed by atoms with Gasteiger partial charge in [0.1, 0.15) is 24.2 Å². The van der Waals surface area contributed by atoms with Crippen molar-refractivity contribution in [3.63, 3.8) is 0 Å². The Hall–Kier alpha value is -2.21. The molecule has 0 saturated heterocycles. The molecule has 0 fully saturated rings. The Morgan fingerprint density at radius 3 is 2.38 bits per heavy atom. The molecule has 0 aliphatic heterocycles. The molecule has 0 bridgehead atoms. The molecule has 0 aromatic rings. The van der Waals surface area contributed by atoms with Gasteiger partial charge in [-0.3, -0.25) is 14.4 Å². The van der Waals surface area contributed by atoms with Crippen LogP contribution in [-0.4, -0.2) is 35.3 Å². The van der Waals surface area contributed by atoms with Gasteiger partial charge in [-0.15, -0.1) is 0 Å². The quantitative estimate of drug-likeness (QED) is 0.358. The number of rotatable bonds is 10. The average molecular weight is 295 g/mol. The summed E-state index contributed by atoms with van der Waals surface area (Å²) in [5.74, 6) is -1.24. The summed E-state index contributed by atoms with van der Waals surface area (Å²) in [5, 5.41) is 8.70. The van der Waals surface area contributed by atoms with Gasteiger partial charge in [0.15, 0.2) is 5.78 Å². The zero-order valence-electron chi connectivity index (χ0n) is 12.3. The van der Waals surface area contributed by atoms with Crippen molar-refractivity contribution in [1.82, 2.24) is 0 Å². The Labute approximate surface area is 124 Å². The van der Waals surface area contributed by atoms with E-state index in [0.29, 0.717) is 5.76 Å². The van der Waals surface area contributed by atoms with Crippen molar-refractivity contribution in [3.8, 4) is 0 Å². The fourth-order valence-electron chi connectivity index (χ4n) is 1.39. The largest absolute Gasteiger partial charge is 0.486 e. The lowest BCUT2D eigenvalue weighted by molar-refractivity contribution is -0.138. The van der Waals surface area contributed by atoms with Gasteiger partial charge in [-0.25, -0.2) is 0 Å². The Morgan fingerprint density at radius 2 is 1.90 bits per heavy atom. The van der Waals surface area contributed by atoms with Gasteiger partial charge >= 0.3 is 5.97 Å². The third-order valence-corrected chi connectivity index (χ3v) is 2.44. The van der Waals surface area contributed by atoms with E-state index in [0.717, 1.165) is 5.57 Å². The summed E-state index contributed by atoms with van der Waals surface area (Å²) in [4.78, 5) is 32.7. The van der Waals surface area contributed by atoms with E-state index in [1.54, 1.807) is 19.1 Å². The number of nitrogens with two attached hydrogens (primary N) is 1. The van der Waals surface area contributed by atoms with Crippen LogP contribution in [0.4, 0.5) is 0 Å². The molecule has 1 atom stereocenters. The molecule has 0 saturated carbocycles. The molecule has 0 rings (SSSR count). The van der Waals surface area contributed by atoms with Gasteiger partial charge in [0.25, 0.3) is 0 Å². The van der Waals surface area contributed by atoms with Gasteiger partial charge < -0.3 is 15.6 Å². The molecular weight excluding hydrogens is 274 g/mol. The van der Waals surface area contributed by atoms with E-state index in [9.17, 15) is 14.4 Å². The number of carbonyl (C=O) groups is 3. The number of Topliss-reactive ketones (excluding diaryl/α,β-unsaturated/α-hetero) is 2. The molecule has 0 aromatic carbocycles. The first-order valence-corrected chi connectivity index (χ1v) is 6.38. The Balaban J connectivity index is 4.51. The molecule has 1 unspecified atom stereocenters. The van der Waals surface area contributed by atoms with Crippen molar-refractivity contribution in [2.24, 2.45) is 5.73 Å². The van der Waals surface area contributed by atoms with Crippen LogP contribution in [0.15, 0.2) is 36.1 Å². The predicted molar refractivity (Wildman–Crippen MR) is 78.5 cm³/mol. The summed E-state index contributed by atoms with van der Waals surface area (Å²) in [7, 11) is 0. The number of carboxylic acid groups (broad SMARTS) is 1. The lowest BCUT2D eigenvalue weighted by atomic mass is 10.1. The highest BCUT2D eigenvalue weighted by atomic mass is 16.5. The van der Waals surface area contributed by atoms with Gasteiger partial charge in [-0.05, 0) is 32.4 Å². The van der Waals surface area contributed by atoms with Gasteiger partial charge in [0, 0.05) is 0 Å². The third-order valence-electron chi connectivity index (χ3n) is 2.44. The summed E-state index contributed by atoms with van der Waals surface area (Å²) in [6, 6.07) is -0.958. The van der Waals surface area contributed by atoms with Crippen molar-refractivity contribution in [2.75, 3.05) is 6.61 Å². The maximum atomic E-state index is 11.3. The molecular formula is C15H21NO5. The van der Waals surface area contributed by atoms with Crippen molar-refractivity contribution >= 4 is 17.5 Å². The SMILES string of the molecule is C=C/C(=C\C=C(/C)CC(N)C(=O)O)OCC(=O)CC(C)=O. The van der Waals surface area contributed by atoms with Crippen LogP contribution in [0.1, 0.15) is 26.7 Å². The fourth-order valence-corrected chi connectivity index (χ4v) is 1.39. The Kier molecular flexibility index (Phi) is 8.64. The van der Waals surface area contributed by atoms with Crippen LogP contribution in [0.2, 0.25) is 0 Å². The first kappa shape index (κ1) is 18.8. The van der Waals surface area contributed by atoms with Crippen molar-refractivity contribution < 1.29 is 24.2 Å². The average Bonchev–Trinajstić information content (AvgIpc) is 2.37. The molecule has 0 aliphatic carbocycles. The van der Waals surface area contributed by atoms with Gasteiger partial charge in [-0.2, -0.15) is 0 Å². The van der Waals surface area contributed by atoms with Gasteiger partial charge in [0.2, 0.25) is 0 Å². The fraction of sp³-hybridized carbons (Fsp3) is 0.400. The second-order valence-electron chi connectivity index (χ2n) is 4.64. The zero-order valence-corrected chi connectivity index (χ0v) is 12.3. The topological polar surface area (TPSA) is 107 Å². The summed E-state index contributed by atoms with van der Waals surface area (Å²) in [5.41, 5.74) is 6.16. The van der Waals surface area contributed by atoms with Crippen molar-refractivity contribution in [3.05, 3.63) is 36.1 Å². The van der Waals surface area contributed by atoms with E-state index in [2.05, 4.69) is 6.58 Å². The predicted octanol–water partition coefficient (Wildman–Crippen LogP) is 1.37. The van der Waals surface area contributed by atoms with Crippen LogP contribution in [0.5, 0.6) is 0 Å². The van der Waals surface area contributed by atoms with Gasteiger partial charge in [0.05, 0.1) is 6.42 Å². The Bertz CT molecular complexity index is 476. The molecule has 21 heavy (non-hydrogen) atoms. The van der Waals surface area contributed by atoms with E-state index in [-0.39, 0.29) is 31.0 Å². The summed E-state index contributed by atoms with van der Waals surface area (Å²) < 4.78 is 5.21. The van der Waals surface area contributed by atoms with Crippen LogP contribution in [0, 0.1) is 0 Å². The highest BCUT2D eigenvalue weighted by molar-refractivity contribution is 5.98. The van der Waals surface area contributed by atoms with E-state index < -0.39 is 12.0 Å². The molecule has 0 spiro atoms. The van der Waals surface area contributed by atoms with Gasteiger partial charge in [-0.1, -0.05) is 18.2 Å². The molecule has 0 aromatic heterocycles. The number of carbonyl (C=O) groups excluding carboxylic acids is 2. The molecule has 6 heteroatoms. The van der Waals surface area contributed by atoms with Crippen LogP contribution in [0.3, 0.4) is 0 Å². The molecule has 116 valence electrons. The highest BCUT2D eigenvalue weighted by Gasteiger charge is 2.11. The van der Waals surface area contributed by atoms with Crippen LogP contribution in [0.25, 0.3) is 0 Å². The van der Waals surface area contributed by atoms with Crippen molar-refractivity contribution in [2.45, 2.75) is 32.7 Å². The number of aliphatic carboxylic acids is 1. The minimum absolute atomic E-state index is 0.160. The third kappa shape index (κ3) is 9.34. The number of carboxylic acids is 1. The molecule has 0 radical (unpaired) electrons.